The molecule has 1 aromatic carbocycles. The maximum atomic E-state index is 11.6. The van der Waals surface area contributed by atoms with Gasteiger partial charge in [-0.3, -0.25) is 9.59 Å². The first-order valence-corrected chi connectivity index (χ1v) is 5.71. The maximum absolute atomic E-state index is 11.6. The molecule has 0 radical (unpaired) electrons. The van der Waals surface area contributed by atoms with Crippen LogP contribution in [0.1, 0.15) is 11.7 Å². The first-order valence-electron chi connectivity index (χ1n) is 5.71. The molecule has 1 unspecified atom stereocenters. The lowest BCUT2D eigenvalue weighted by molar-refractivity contribution is -0.138. The number of aliphatic hydroxyl groups is 1. The molecule has 1 aliphatic rings. The van der Waals surface area contributed by atoms with Gasteiger partial charge in [0.05, 0.1) is 6.10 Å². The second-order valence-corrected chi connectivity index (χ2v) is 4.06. The number of amides is 2. The van der Waals surface area contributed by atoms with E-state index in [4.69, 9.17) is 5.73 Å². The molecule has 6 nitrogen and oxygen atoms in total. The van der Waals surface area contributed by atoms with Crippen molar-refractivity contribution < 1.29 is 14.7 Å². The number of anilines is 1. The number of piperazine rings is 1. The summed E-state index contributed by atoms with van der Waals surface area (Å²) >= 11 is 0. The van der Waals surface area contributed by atoms with Crippen molar-refractivity contribution in [1.29, 1.82) is 0 Å². The van der Waals surface area contributed by atoms with Crippen LogP contribution in [0.3, 0.4) is 0 Å². The minimum atomic E-state index is -0.709. The number of carbonyl (C=O) groups excluding carboxylic acids is 2. The molecule has 1 heterocycles. The van der Waals surface area contributed by atoms with E-state index in [2.05, 4.69) is 5.32 Å². The molecule has 18 heavy (non-hydrogen) atoms. The number of benzene rings is 1. The van der Waals surface area contributed by atoms with E-state index in [0.717, 1.165) is 0 Å². The van der Waals surface area contributed by atoms with Crippen LogP contribution >= 0.6 is 0 Å². The number of carbonyl (C=O) groups is 2. The first-order chi connectivity index (χ1) is 8.63. The Bertz CT molecular complexity index is 458. The summed E-state index contributed by atoms with van der Waals surface area (Å²) < 4.78 is 0. The van der Waals surface area contributed by atoms with Gasteiger partial charge in [0, 0.05) is 25.3 Å². The van der Waals surface area contributed by atoms with Crippen molar-refractivity contribution in [2.24, 2.45) is 5.73 Å². The fraction of sp³-hybridized carbons (Fsp3) is 0.333. The Morgan fingerprint density at radius 1 is 1.33 bits per heavy atom. The van der Waals surface area contributed by atoms with Crippen LogP contribution in [0.2, 0.25) is 0 Å². The standard InChI is InChI=1S/C12H15N3O3/c13-7-10(16)8-1-3-9(4-2-8)15-6-5-14-11(17)12(15)18/h1-4,10,16H,5-7,13H2,(H,14,17). The van der Waals surface area contributed by atoms with Crippen molar-refractivity contribution in [2.75, 3.05) is 24.5 Å². The second kappa shape index (κ2) is 5.16. The van der Waals surface area contributed by atoms with E-state index in [1.54, 1.807) is 24.3 Å². The lowest BCUT2D eigenvalue weighted by atomic mass is 10.1. The van der Waals surface area contributed by atoms with E-state index >= 15 is 0 Å². The summed E-state index contributed by atoms with van der Waals surface area (Å²) in [5.41, 5.74) is 6.69. The molecule has 1 aromatic rings. The monoisotopic (exact) mass is 249 g/mol. The van der Waals surface area contributed by atoms with Crippen molar-refractivity contribution in [3.63, 3.8) is 0 Å². The van der Waals surface area contributed by atoms with Crippen LogP contribution in [0.4, 0.5) is 5.69 Å². The molecular weight excluding hydrogens is 234 g/mol. The quantitative estimate of drug-likeness (QED) is 0.607. The van der Waals surface area contributed by atoms with Gasteiger partial charge in [0.1, 0.15) is 0 Å². The van der Waals surface area contributed by atoms with Crippen LogP contribution < -0.4 is 16.0 Å². The van der Waals surface area contributed by atoms with Gasteiger partial charge in [0.2, 0.25) is 0 Å². The second-order valence-electron chi connectivity index (χ2n) is 4.06. The molecule has 1 atom stereocenters. The first kappa shape index (κ1) is 12.5. The molecule has 1 fully saturated rings. The number of rotatable bonds is 3. The Balaban J connectivity index is 2.19. The zero-order valence-electron chi connectivity index (χ0n) is 9.80. The van der Waals surface area contributed by atoms with Crippen LogP contribution in [0.15, 0.2) is 24.3 Å². The minimum Gasteiger partial charge on any atom is -0.387 e. The average Bonchev–Trinajstić information content (AvgIpc) is 2.41. The van der Waals surface area contributed by atoms with Crippen molar-refractivity contribution in [1.82, 2.24) is 5.32 Å². The summed E-state index contributed by atoms with van der Waals surface area (Å²) in [7, 11) is 0. The van der Waals surface area contributed by atoms with Crippen molar-refractivity contribution in [3.05, 3.63) is 29.8 Å². The Hall–Kier alpha value is -1.92. The summed E-state index contributed by atoms with van der Waals surface area (Å²) in [6, 6.07) is 6.80. The normalized spacial score (nSPS) is 17.6. The highest BCUT2D eigenvalue weighted by molar-refractivity contribution is 6.41. The highest BCUT2D eigenvalue weighted by Gasteiger charge is 2.27. The lowest BCUT2D eigenvalue weighted by Gasteiger charge is -2.26. The van der Waals surface area contributed by atoms with Crippen molar-refractivity contribution >= 4 is 17.5 Å². The van der Waals surface area contributed by atoms with Gasteiger partial charge < -0.3 is 21.1 Å². The third-order valence-corrected chi connectivity index (χ3v) is 2.87. The number of hydrogen-bond acceptors (Lipinski definition) is 4. The molecule has 1 saturated heterocycles. The Kier molecular flexibility index (Phi) is 3.59. The predicted molar refractivity (Wildman–Crippen MR) is 65.8 cm³/mol. The van der Waals surface area contributed by atoms with Crippen LogP contribution in [0.5, 0.6) is 0 Å². The SMILES string of the molecule is NCC(O)c1ccc(N2CCNC(=O)C2=O)cc1. The van der Waals surface area contributed by atoms with Crippen LogP contribution in [-0.2, 0) is 9.59 Å². The van der Waals surface area contributed by atoms with Crippen molar-refractivity contribution in [3.8, 4) is 0 Å². The third-order valence-electron chi connectivity index (χ3n) is 2.87. The van der Waals surface area contributed by atoms with Gasteiger partial charge in [0.25, 0.3) is 0 Å². The van der Waals surface area contributed by atoms with Gasteiger partial charge in [-0.15, -0.1) is 0 Å². The maximum Gasteiger partial charge on any atom is 0.316 e. The smallest absolute Gasteiger partial charge is 0.316 e. The number of hydrogen-bond donors (Lipinski definition) is 3. The fourth-order valence-electron chi connectivity index (χ4n) is 1.84. The molecule has 96 valence electrons. The van der Waals surface area contributed by atoms with Crippen LogP contribution in [0.25, 0.3) is 0 Å². The molecule has 2 rings (SSSR count). The Labute approximate surface area is 104 Å². The summed E-state index contributed by atoms with van der Waals surface area (Å²) in [6.07, 6.45) is -0.709. The van der Waals surface area contributed by atoms with E-state index in [1.165, 1.54) is 4.90 Å². The van der Waals surface area contributed by atoms with Gasteiger partial charge in [0.15, 0.2) is 0 Å². The lowest BCUT2D eigenvalue weighted by Crippen LogP contribution is -2.52. The molecule has 0 aromatic heterocycles. The molecule has 0 spiro atoms. The topological polar surface area (TPSA) is 95.7 Å². The molecule has 1 aliphatic heterocycles. The van der Waals surface area contributed by atoms with Gasteiger partial charge in [-0.05, 0) is 17.7 Å². The number of nitrogens with zero attached hydrogens (tertiary/aromatic N) is 1. The molecule has 4 N–H and O–H groups in total. The Morgan fingerprint density at radius 3 is 2.61 bits per heavy atom. The van der Waals surface area contributed by atoms with E-state index < -0.39 is 17.9 Å². The number of aliphatic hydroxyl groups excluding tert-OH is 1. The molecule has 0 bridgehead atoms. The predicted octanol–water partition coefficient (Wildman–Crippen LogP) is -0.859. The third kappa shape index (κ3) is 2.34. The molecule has 2 amide bonds. The summed E-state index contributed by atoms with van der Waals surface area (Å²) in [5.74, 6) is -1.15. The number of nitrogens with one attached hydrogen (secondary N) is 1. The molecule has 0 aliphatic carbocycles. The largest absolute Gasteiger partial charge is 0.387 e. The minimum absolute atomic E-state index is 0.143. The Morgan fingerprint density at radius 2 is 2.00 bits per heavy atom. The molecular formula is C12H15N3O3. The van der Waals surface area contributed by atoms with E-state index in [0.29, 0.717) is 24.3 Å². The van der Waals surface area contributed by atoms with Gasteiger partial charge in [-0.25, -0.2) is 0 Å². The summed E-state index contributed by atoms with van der Waals surface area (Å²) in [6.45, 7) is 1.03. The van der Waals surface area contributed by atoms with E-state index in [-0.39, 0.29) is 6.54 Å². The average molecular weight is 249 g/mol. The molecule has 0 saturated carbocycles. The number of nitrogens with two attached hydrogens (primary N) is 1. The van der Waals surface area contributed by atoms with Crippen LogP contribution in [-0.4, -0.2) is 36.6 Å². The summed E-state index contributed by atoms with van der Waals surface area (Å²) in [5, 5.41) is 12.0. The fourth-order valence-corrected chi connectivity index (χ4v) is 1.84. The zero-order chi connectivity index (χ0) is 13.1. The van der Waals surface area contributed by atoms with E-state index in [1.807, 2.05) is 0 Å². The van der Waals surface area contributed by atoms with Crippen LogP contribution in [0, 0.1) is 0 Å². The molecule has 6 heteroatoms. The summed E-state index contributed by atoms with van der Waals surface area (Å²) in [4.78, 5) is 24.3. The van der Waals surface area contributed by atoms with Gasteiger partial charge in [-0.2, -0.15) is 0 Å². The highest BCUT2D eigenvalue weighted by atomic mass is 16.3. The van der Waals surface area contributed by atoms with Gasteiger partial charge in [-0.1, -0.05) is 12.1 Å². The van der Waals surface area contributed by atoms with Crippen molar-refractivity contribution in [2.45, 2.75) is 6.10 Å². The highest BCUT2D eigenvalue weighted by Crippen LogP contribution is 2.19. The zero-order valence-corrected chi connectivity index (χ0v) is 9.80. The van der Waals surface area contributed by atoms with E-state index in [9.17, 15) is 14.7 Å². The van der Waals surface area contributed by atoms with Gasteiger partial charge >= 0.3 is 11.8 Å².